The van der Waals surface area contributed by atoms with Gasteiger partial charge in [-0.1, -0.05) is 133 Å². The number of fused-ring (bicyclic) bond motifs is 6. The minimum Gasteiger partial charge on any atom is -0.0651 e. The Hall–Kier alpha value is -3.12. The average molecular weight is 485 g/mol. The number of rotatable bonds is 3. The van der Waals surface area contributed by atoms with Gasteiger partial charge in [0.2, 0.25) is 0 Å². The Morgan fingerprint density at radius 2 is 1.54 bits per heavy atom. The first kappa shape index (κ1) is 24.2. The monoisotopic (exact) mass is 484 g/mol. The van der Waals surface area contributed by atoms with Crippen molar-refractivity contribution in [1.29, 1.82) is 0 Å². The summed E-state index contributed by atoms with van der Waals surface area (Å²) in [5, 5.41) is 2.73. The van der Waals surface area contributed by atoms with Gasteiger partial charge in [0.05, 0.1) is 0 Å². The van der Waals surface area contributed by atoms with E-state index in [1.54, 1.807) is 16.7 Å². The fourth-order valence-electron chi connectivity index (χ4n) is 6.79. The van der Waals surface area contributed by atoms with Crippen LogP contribution in [0.1, 0.15) is 106 Å². The maximum absolute atomic E-state index is 2.54. The minimum atomic E-state index is 0.0760. The van der Waals surface area contributed by atoms with Crippen LogP contribution in [0.4, 0.5) is 0 Å². The van der Waals surface area contributed by atoms with Crippen LogP contribution in [-0.2, 0) is 17.3 Å². The third-order valence-electron chi connectivity index (χ3n) is 8.64. The number of hydrogen-bond acceptors (Lipinski definition) is 0. The number of allylic oxidation sites excluding steroid dienone is 1. The van der Waals surface area contributed by atoms with Crippen molar-refractivity contribution in [2.75, 3.05) is 0 Å². The van der Waals surface area contributed by atoms with E-state index in [0.29, 0.717) is 5.92 Å². The first-order chi connectivity index (χ1) is 17.6. The van der Waals surface area contributed by atoms with Gasteiger partial charge >= 0.3 is 0 Å². The highest BCUT2D eigenvalue weighted by Crippen LogP contribution is 2.52. The molecule has 0 N–H and O–H groups in total. The molecule has 0 fully saturated rings. The van der Waals surface area contributed by atoms with Crippen molar-refractivity contribution in [2.45, 2.75) is 84.5 Å². The fraction of sp³-hybridized carbons (Fsp3) is 0.351. The molecule has 37 heavy (non-hydrogen) atoms. The van der Waals surface area contributed by atoms with Crippen molar-refractivity contribution in [3.8, 4) is 11.1 Å². The van der Waals surface area contributed by atoms with E-state index in [9.17, 15) is 0 Å². The average Bonchev–Trinajstić information content (AvgIpc) is 3.40. The van der Waals surface area contributed by atoms with Gasteiger partial charge in [0.25, 0.3) is 0 Å². The highest BCUT2D eigenvalue weighted by atomic mass is 14.4. The SMILES string of the molecule is CCCC1=Cc2c(ccc3ccccc23)C1c1c(C(C)(C)C)ccc2c1Cc1cc(C(C)(C)C)ccc1-2. The van der Waals surface area contributed by atoms with E-state index in [1.165, 1.54) is 56.1 Å². The number of hydrogen-bond donors (Lipinski definition) is 0. The van der Waals surface area contributed by atoms with Crippen molar-refractivity contribution >= 4 is 16.8 Å². The van der Waals surface area contributed by atoms with Crippen LogP contribution in [0.2, 0.25) is 0 Å². The fourth-order valence-corrected chi connectivity index (χ4v) is 6.79. The van der Waals surface area contributed by atoms with Gasteiger partial charge in [-0.3, -0.25) is 0 Å². The predicted octanol–water partition coefficient (Wildman–Crippen LogP) is 10.3. The van der Waals surface area contributed by atoms with Gasteiger partial charge in [0.15, 0.2) is 0 Å². The summed E-state index contributed by atoms with van der Waals surface area (Å²) in [7, 11) is 0. The van der Waals surface area contributed by atoms with Crippen molar-refractivity contribution in [3.63, 3.8) is 0 Å². The molecule has 0 nitrogen and oxygen atoms in total. The second-order valence-electron chi connectivity index (χ2n) is 13.3. The van der Waals surface area contributed by atoms with E-state index < -0.39 is 0 Å². The first-order valence-electron chi connectivity index (χ1n) is 14.1. The van der Waals surface area contributed by atoms with E-state index >= 15 is 0 Å². The second-order valence-corrected chi connectivity index (χ2v) is 13.3. The number of benzene rings is 4. The molecule has 6 rings (SSSR count). The Kier molecular flexibility index (Phi) is 5.53. The molecular formula is C37H40. The standard InChI is InChI=1S/C37H40/c1-8-11-24-21-31-27-13-10-9-12-23(27)14-16-30(31)34(24)35-32-22-25-20-26(36(2,3)4)15-17-28(25)29(32)18-19-33(35)37(5,6)7/h9-10,12-21,34H,8,11,22H2,1-7H3. The van der Waals surface area contributed by atoms with Crippen LogP contribution in [0.25, 0.3) is 28.0 Å². The Labute approximate surface area is 223 Å². The van der Waals surface area contributed by atoms with E-state index in [4.69, 9.17) is 0 Å². The third-order valence-corrected chi connectivity index (χ3v) is 8.64. The molecule has 1 atom stereocenters. The van der Waals surface area contributed by atoms with E-state index in [-0.39, 0.29) is 10.8 Å². The minimum absolute atomic E-state index is 0.0760. The van der Waals surface area contributed by atoms with E-state index in [1.807, 2.05) is 0 Å². The summed E-state index contributed by atoms with van der Waals surface area (Å²) in [6.07, 6.45) is 5.88. The molecule has 0 saturated heterocycles. The van der Waals surface area contributed by atoms with Gasteiger partial charge in [-0.2, -0.15) is 0 Å². The normalized spacial score (nSPS) is 16.5. The molecule has 0 spiro atoms. The molecule has 2 aliphatic carbocycles. The summed E-state index contributed by atoms with van der Waals surface area (Å²) in [5.74, 6) is 0.333. The molecule has 0 saturated carbocycles. The third kappa shape index (κ3) is 3.88. The second kappa shape index (κ2) is 8.45. The quantitative estimate of drug-likeness (QED) is 0.239. The van der Waals surface area contributed by atoms with Crippen LogP contribution in [0.3, 0.4) is 0 Å². The van der Waals surface area contributed by atoms with Gasteiger partial charge in [-0.15, -0.1) is 0 Å². The largest absolute Gasteiger partial charge is 0.0651 e. The zero-order valence-electron chi connectivity index (χ0n) is 23.6. The van der Waals surface area contributed by atoms with Gasteiger partial charge in [-0.25, -0.2) is 0 Å². The predicted molar refractivity (Wildman–Crippen MR) is 161 cm³/mol. The zero-order valence-corrected chi connectivity index (χ0v) is 23.6. The van der Waals surface area contributed by atoms with Gasteiger partial charge in [0, 0.05) is 5.92 Å². The summed E-state index contributed by atoms with van der Waals surface area (Å²) in [5.41, 5.74) is 15.2. The summed E-state index contributed by atoms with van der Waals surface area (Å²) in [6, 6.07) is 25.8. The maximum Gasteiger partial charge on any atom is 0.0314 e. The molecule has 4 aromatic rings. The van der Waals surface area contributed by atoms with Crippen molar-refractivity contribution < 1.29 is 0 Å². The van der Waals surface area contributed by atoms with Crippen LogP contribution in [0, 0.1) is 0 Å². The van der Waals surface area contributed by atoms with Gasteiger partial charge in [-0.05, 0) is 84.5 Å². The molecule has 0 aromatic heterocycles. The van der Waals surface area contributed by atoms with Crippen LogP contribution < -0.4 is 0 Å². The van der Waals surface area contributed by atoms with E-state index in [0.717, 1.165) is 12.8 Å². The molecule has 0 radical (unpaired) electrons. The highest BCUT2D eigenvalue weighted by Gasteiger charge is 2.36. The summed E-state index contributed by atoms with van der Waals surface area (Å²) < 4.78 is 0. The van der Waals surface area contributed by atoms with Crippen molar-refractivity contribution in [3.05, 3.63) is 111 Å². The lowest BCUT2D eigenvalue weighted by atomic mass is 9.73. The first-order valence-corrected chi connectivity index (χ1v) is 14.1. The van der Waals surface area contributed by atoms with Gasteiger partial charge in [0.1, 0.15) is 0 Å². The molecule has 4 aromatic carbocycles. The van der Waals surface area contributed by atoms with Crippen LogP contribution in [-0.4, -0.2) is 0 Å². The molecule has 0 heteroatoms. The Balaban J connectivity index is 1.61. The maximum atomic E-state index is 2.54. The summed E-state index contributed by atoms with van der Waals surface area (Å²) >= 11 is 0. The van der Waals surface area contributed by atoms with Crippen LogP contribution in [0.5, 0.6) is 0 Å². The van der Waals surface area contributed by atoms with Crippen LogP contribution in [0.15, 0.2) is 72.3 Å². The molecule has 0 aliphatic heterocycles. The highest BCUT2D eigenvalue weighted by molar-refractivity contribution is 5.95. The molecule has 188 valence electrons. The molecule has 0 bridgehead atoms. The lowest BCUT2D eigenvalue weighted by Gasteiger charge is -2.30. The van der Waals surface area contributed by atoms with Crippen LogP contribution >= 0.6 is 0 Å². The molecule has 2 aliphatic rings. The summed E-state index contributed by atoms with van der Waals surface area (Å²) in [6.45, 7) is 16.4. The Morgan fingerprint density at radius 1 is 0.784 bits per heavy atom. The van der Waals surface area contributed by atoms with Gasteiger partial charge < -0.3 is 0 Å². The Bertz CT molecular complexity index is 1560. The van der Waals surface area contributed by atoms with Crippen molar-refractivity contribution in [1.82, 2.24) is 0 Å². The van der Waals surface area contributed by atoms with E-state index in [2.05, 4.69) is 121 Å². The summed E-state index contributed by atoms with van der Waals surface area (Å²) in [4.78, 5) is 0. The lowest BCUT2D eigenvalue weighted by Crippen LogP contribution is -2.19. The Morgan fingerprint density at radius 3 is 2.27 bits per heavy atom. The zero-order chi connectivity index (χ0) is 26.1. The molecular weight excluding hydrogens is 444 g/mol. The molecule has 0 heterocycles. The topological polar surface area (TPSA) is 0 Å². The lowest BCUT2D eigenvalue weighted by molar-refractivity contribution is 0.579. The van der Waals surface area contributed by atoms with Crippen molar-refractivity contribution in [2.24, 2.45) is 0 Å². The molecule has 0 amide bonds. The molecule has 1 unspecified atom stereocenters. The smallest absolute Gasteiger partial charge is 0.0314 e.